The molecule has 1 aromatic heterocycles. The summed E-state index contributed by atoms with van der Waals surface area (Å²) in [6.07, 6.45) is 0. The summed E-state index contributed by atoms with van der Waals surface area (Å²) in [4.78, 5) is 2.42. The third-order valence-electron chi connectivity index (χ3n) is 11.2. The summed E-state index contributed by atoms with van der Waals surface area (Å²) in [6.45, 7) is 0. The monoisotopic (exact) mass is 729 g/mol. The average molecular weight is 730 g/mol. The number of benzene rings is 10. The molecule has 0 aliphatic rings. The lowest BCUT2D eigenvalue weighted by atomic mass is 9.93. The molecule has 262 valence electrons. The summed E-state index contributed by atoms with van der Waals surface area (Å²) >= 11 is 1.87. The first kappa shape index (κ1) is 32.4. The van der Waals surface area contributed by atoms with Gasteiger partial charge in [-0.3, -0.25) is 0 Å². The molecule has 11 aromatic rings. The van der Waals surface area contributed by atoms with Crippen LogP contribution in [-0.4, -0.2) is 0 Å². The maximum absolute atomic E-state index is 2.42. The van der Waals surface area contributed by atoms with E-state index in [1.165, 1.54) is 85.9 Å². The van der Waals surface area contributed by atoms with E-state index in [1.54, 1.807) is 0 Å². The van der Waals surface area contributed by atoms with Crippen LogP contribution in [0.4, 0.5) is 17.1 Å². The van der Waals surface area contributed by atoms with E-state index >= 15 is 0 Å². The van der Waals surface area contributed by atoms with Gasteiger partial charge in [0, 0.05) is 37.2 Å². The van der Waals surface area contributed by atoms with Crippen molar-refractivity contribution in [2.75, 3.05) is 4.90 Å². The highest BCUT2D eigenvalue weighted by Crippen LogP contribution is 2.44. The number of nitrogens with zero attached hydrogens (tertiary/aromatic N) is 1. The number of hydrogen-bond donors (Lipinski definition) is 0. The van der Waals surface area contributed by atoms with Gasteiger partial charge in [0.1, 0.15) is 0 Å². The van der Waals surface area contributed by atoms with Crippen molar-refractivity contribution in [1.82, 2.24) is 0 Å². The van der Waals surface area contributed by atoms with Gasteiger partial charge in [-0.05, 0) is 120 Å². The van der Waals surface area contributed by atoms with E-state index in [-0.39, 0.29) is 0 Å². The third-order valence-corrected chi connectivity index (χ3v) is 12.3. The van der Waals surface area contributed by atoms with Crippen LogP contribution in [0.15, 0.2) is 212 Å². The normalized spacial score (nSPS) is 11.6. The number of hydrogen-bond acceptors (Lipinski definition) is 2. The smallest absolute Gasteiger partial charge is 0.0476 e. The molecule has 10 aromatic carbocycles. The minimum atomic E-state index is 1.11. The fourth-order valence-corrected chi connectivity index (χ4v) is 9.69. The van der Waals surface area contributed by atoms with Gasteiger partial charge in [-0.1, -0.05) is 158 Å². The van der Waals surface area contributed by atoms with Gasteiger partial charge >= 0.3 is 0 Å². The molecule has 56 heavy (non-hydrogen) atoms. The van der Waals surface area contributed by atoms with Crippen LogP contribution < -0.4 is 4.90 Å². The SMILES string of the molecule is c1ccc(-c2cccc(-c3ccc(N(c4cccc(-c5cc6ccccc6c6ccccc56)c4)c4ccc5c(c4)sc4ccc6ccccc6c45)cc3)c2)cc1. The molecule has 0 fully saturated rings. The zero-order chi connectivity index (χ0) is 37.0. The fourth-order valence-electron chi connectivity index (χ4n) is 8.54. The summed E-state index contributed by atoms with van der Waals surface area (Å²) in [5.74, 6) is 0. The highest BCUT2D eigenvalue weighted by molar-refractivity contribution is 7.26. The summed E-state index contributed by atoms with van der Waals surface area (Å²) in [6, 6.07) is 77.7. The van der Waals surface area contributed by atoms with Crippen LogP contribution in [0.5, 0.6) is 0 Å². The summed E-state index contributed by atoms with van der Waals surface area (Å²) in [5.41, 5.74) is 10.6. The quantitative estimate of drug-likeness (QED) is 0.154. The maximum atomic E-state index is 2.42. The minimum Gasteiger partial charge on any atom is -0.310 e. The third kappa shape index (κ3) is 5.54. The van der Waals surface area contributed by atoms with Crippen molar-refractivity contribution in [2.24, 2.45) is 0 Å². The molecule has 0 N–H and O–H groups in total. The molecular formula is C54H35NS. The van der Waals surface area contributed by atoms with Gasteiger partial charge in [-0.15, -0.1) is 11.3 Å². The Morgan fingerprint density at radius 1 is 0.286 bits per heavy atom. The largest absolute Gasteiger partial charge is 0.310 e. The van der Waals surface area contributed by atoms with E-state index in [0.717, 1.165) is 17.1 Å². The van der Waals surface area contributed by atoms with E-state index in [0.29, 0.717) is 0 Å². The van der Waals surface area contributed by atoms with E-state index in [9.17, 15) is 0 Å². The first-order valence-corrected chi connectivity index (χ1v) is 20.0. The Kier molecular flexibility index (Phi) is 7.75. The maximum Gasteiger partial charge on any atom is 0.0476 e. The molecule has 0 aliphatic carbocycles. The minimum absolute atomic E-state index is 1.11. The molecule has 11 rings (SSSR count). The first-order chi connectivity index (χ1) is 27.7. The van der Waals surface area contributed by atoms with Gasteiger partial charge in [0.15, 0.2) is 0 Å². The van der Waals surface area contributed by atoms with Gasteiger partial charge in [-0.2, -0.15) is 0 Å². The summed E-state index contributed by atoms with van der Waals surface area (Å²) in [7, 11) is 0. The van der Waals surface area contributed by atoms with Crippen molar-refractivity contribution in [3.05, 3.63) is 212 Å². The molecule has 0 aliphatic heterocycles. The van der Waals surface area contributed by atoms with Crippen LogP contribution >= 0.6 is 11.3 Å². The zero-order valence-corrected chi connectivity index (χ0v) is 31.4. The van der Waals surface area contributed by atoms with Crippen LogP contribution in [-0.2, 0) is 0 Å². The molecule has 0 amide bonds. The summed E-state index contributed by atoms with van der Waals surface area (Å²) < 4.78 is 2.60. The molecule has 0 atom stereocenters. The second kappa shape index (κ2) is 13.4. The lowest BCUT2D eigenvalue weighted by molar-refractivity contribution is 1.29. The number of thiophene rings is 1. The van der Waals surface area contributed by atoms with Gasteiger partial charge in [0.05, 0.1) is 0 Å². The highest BCUT2D eigenvalue weighted by atomic mass is 32.1. The van der Waals surface area contributed by atoms with Crippen molar-refractivity contribution >= 4 is 80.9 Å². The molecule has 0 saturated heterocycles. The van der Waals surface area contributed by atoms with Crippen molar-refractivity contribution in [3.63, 3.8) is 0 Å². The Hall–Kier alpha value is -7.00. The molecule has 0 bridgehead atoms. The topological polar surface area (TPSA) is 3.24 Å². The molecule has 0 spiro atoms. The van der Waals surface area contributed by atoms with Gasteiger partial charge in [-0.25, -0.2) is 0 Å². The molecule has 0 radical (unpaired) electrons. The van der Waals surface area contributed by atoms with E-state index in [2.05, 4.69) is 217 Å². The Morgan fingerprint density at radius 2 is 0.893 bits per heavy atom. The Balaban J connectivity index is 1.07. The lowest BCUT2D eigenvalue weighted by Crippen LogP contribution is -2.10. The molecule has 0 saturated carbocycles. The standard InChI is InChI=1S/C54H35NS/c1-2-12-36(13-3-1)39-16-10-17-40(32-39)37-24-27-43(28-25-37)55(45-29-30-50-53(35-45)56-52-31-26-38-14-4-7-21-47(38)54(50)52)44-19-11-18-41(33-44)51-34-42-15-5-6-20-46(42)48-22-8-9-23-49(48)51/h1-35H. The second-order valence-corrected chi connectivity index (χ2v) is 15.6. The van der Waals surface area contributed by atoms with Gasteiger partial charge in [0.2, 0.25) is 0 Å². The van der Waals surface area contributed by atoms with Crippen molar-refractivity contribution < 1.29 is 0 Å². The van der Waals surface area contributed by atoms with Crippen molar-refractivity contribution in [2.45, 2.75) is 0 Å². The highest BCUT2D eigenvalue weighted by Gasteiger charge is 2.18. The van der Waals surface area contributed by atoms with E-state index in [4.69, 9.17) is 0 Å². The number of fused-ring (bicyclic) bond motifs is 8. The van der Waals surface area contributed by atoms with Crippen LogP contribution in [0.3, 0.4) is 0 Å². The zero-order valence-electron chi connectivity index (χ0n) is 30.6. The van der Waals surface area contributed by atoms with Crippen LogP contribution in [0.25, 0.3) is 85.9 Å². The average Bonchev–Trinajstić information content (AvgIpc) is 3.66. The van der Waals surface area contributed by atoms with Crippen molar-refractivity contribution in [1.29, 1.82) is 0 Å². The Labute approximate surface area is 330 Å². The molecule has 1 heterocycles. The lowest BCUT2D eigenvalue weighted by Gasteiger charge is -2.26. The number of anilines is 3. The molecule has 0 unspecified atom stereocenters. The van der Waals surface area contributed by atoms with Gasteiger partial charge < -0.3 is 4.90 Å². The Bertz CT molecular complexity index is 3250. The van der Waals surface area contributed by atoms with E-state index in [1.807, 2.05) is 11.3 Å². The first-order valence-electron chi connectivity index (χ1n) is 19.2. The van der Waals surface area contributed by atoms with Gasteiger partial charge in [0.25, 0.3) is 0 Å². The Morgan fingerprint density at radius 3 is 1.71 bits per heavy atom. The van der Waals surface area contributed by atoms with Crippen LogP contribution in [0, 0.1) is 0 Å². The fraction of sp³-hybridized carbons (Fsp3) is 0. The van der Waals surface area contributed by atoms with Crippen LogP contribution in [0.1, 0.15) is 0 Å². The molecule has 2 heteroatoms. The van der Waals surface area contributed by atoms with Crippen molar-refractivity contribution in [3.8, 4) is 33.4 Å². The summed E-state index contributed by atoms with van der Waals surface area (Å²) in [5, 5.41) is 10.3. The molecular weight excluding hydrogens is 695 g/mol. The van der Waals surface area contributed by atoms with Crippen LogP contribution in [0.2, 0.25) is 0 Å². The second-order valence-electron chi connectivity index (χ2n) is 14.5. The van der Waals surface area contributed by atoms with E-state index < -0.39 is 0 Å². The number of rotatable bonds is 6. The molecule has 1 nitrogen and oxygen atoms in total. The predicted octanol–water partition coefficient (Wildman–Crippen LogP) is 16.0. The predicted molar refractivity (Wildman–Crippen MR) is 243 cm³/mol.